The molecule has 1 aliphatic heterocycles. The number of ether oxygens (including phenoxy) is 2. The van der Waals surface area contributed by atoms with E-state index in [1.165, 1.54) is 25.5 Å². The molecule has 1 saturated carbocycles. The Labute approximate surface area is 174 Å². The van der Waals surface area contributed by atoms with Crippen LogP contribution in [0.5, 0.6) is 5.75 Å². The van der Waals surface area contributed by atoms with E-state index in [0.29, 0.717) is 0 Å². The Morgan fingerprint density at radius 1 is 1.24 bits per heavy atom. The first-order valence-corrected chi connectivity index (χ1v) is 10.9. The quantitative estimate of drug-likeness (QED) is 0.450. The van der Waals surface area contributed by atoms with Crippen LogP contribution < -0.4 is 10.1 Å². The van der Waals surface area contributed by atoms with E-state index in [2.05, 4.69) is 35.3 Å². The summed E-state index contributed by atoms with van der Waals surface area (Å²) < 4.78 is 10.4. The minimum absolute atomic E-state index is 0.0112. The number of nitrogens with one attached hydrogen (secondary N) is 1. The van der Waals surface area contributed by atoms with Gasteiger partial charge in [0.2, 0.25) is 0 Å². The predicted octanol–water partition coefficient (Wildman–Crippen LogP) is 3.36. The fraction of sp³-hybridized carbons (Fsp3) is 0.652. The van der Waals surface area contributed by atoms with Crippen LogP contribution in [0, 0.1) is 5.92 Å². The van der Waals surface area contributed by atoms with E-state index in [4.69, 9.17) is 14.5 Å². The van der Waals surface area contributed by atoms with E-state index < -0.39 is 0 Å². The monoisotopic (exact) mass is 401 g/mol. The molecule has 0 spiro atoms. The van der Waals surface area contributed by atoms with Gasteiger partial charge in [0, 0.05) is 25.0 Å². The number of guanidine groups is 1. The van der Waals surface area contributed by atoms with Gasteiger partial charge in [-0.2, -0.15) is 0 Å². The van der Waals surface area contributed by atoms with Gasteiger partial charge in [0.15, 0.2) is 5.96 Å². The average Bonchev–Trinajstić information content (AvgIpc) is 3.26. The van der Waals surface area contributed by atoms with Crippen LogP contribution in [0.15, 0.2) is 29.3 Å². The average molecular weight is 402 g/mol. The van der Waals surface area contributed by atoms with Gasteiger partial charge in [0.25, 0.3) is 0 Å². The van der Waals surface area contributed by atoms with E-state index in [1.807, 2.05) is 6.07 Å². The summed E-state index contributed by atoms with van der Waals surface area (Å²) >= 11 is 0. The third-order valence-corrected chi connectivity index (χ3v) is 6.44. The zero-order valence-corrected chi connectivity index (χ0v) is 18.1. The summed E-state index contributed by atoms with van der Waals surface area (Å²) in [7, 11) is 3.19. The summed E-state index contributed by atoms with van der Waals surface area (Å²) in [6.07, 6.45) is 6.44. The third-order valence-electron chi connectivity index (χ3n) is 6.44. The van der Waals surface area contributed by atoms with Crippen molar-refractivity contribution < 1.29 is 14.3 Å². The van der Waals surface area contributed by atoms with Gasteiger partial charge < -0.3 is 19.7 Å². The van der Waals surface area contributed by atoms with Crippen molar-refractivity contribution in [1.29, 1.82) is 0 Å². The molecule has 0 atom stereocenters. The zero-order chi connectivity index (χ0) is 20.7. The summed E-state index contributed by atoms with van der Waals surface area (Å²) in [5.41, 5.74) is 1.41. The number of likely N-dealkylation sites (tertiary alicyclic amines) is 1. The molecular formula is C23H35N3O3. The van der Waals surface area contributed by atoms with Crippen LogP contribution in [-0.4, -0.2) is 57.2 Å². The first kappa shape index (κ1) is 21.5. The Balaban J connectivity index is 1.75. The summed E-state index contributed by atoms with van der Waals surface area (Å²) in [5.74, 6) is 1.80. The Kier molecular flexibility index (Phi) is 7.40. The van der Waals surface area contributed by atoms with Gasteiger partial charge >= 0.3 is 5.97 Å². The lowest BCUT2D eigenvalue weighted by atomic mass is 9.79. The van der Waals surface area contributed by atoms with Gasteiger partial charge in [-0.25, -0.2) is 0 Å². The first-order valence-electron chi connectivity index (χ1n) is 10.9. The number of nitrogens with zero attached hydrogens (tertiary/aromatic N) is 2. The lowest BCUT2D eigenvalue weighted by molar-refractivity contribution is -0.146. The number of esters is 1. The number of aliphatic imine (C=N–C) groups is 1. The third kappa shape index (κ3) is 5.03. The normalized spacial score (nSPS) is 19.8. The van der Waals surface area contributed by atoms with Crippen LogP contribution in [0.3, 0.4) is 0 Å². The maximum absolute atomic E-state index is 11.8. The van der Waals surface area contributed by atoms with Crippen molar-refractivity contribution >= 4 is 11.9 Å². The molecule has 0 amide bonds. The topological polar surface area (TPSA) is 63.2 Å². The summed E-state index contributed by atoms with van der Waals surface area (Å²) in [4.78, 5) is 19.2. The molecule has 2 aliphatic rings. The molecule has 0 aromatic heterocycles. The molecule has 1 heterocycles. The molecule has 1 aromatic rings. The van der Waals surface area contributed by atoms with Crippen molar-refractivity contribution in [2.24, 2.45) is 10.9 Å². The molecular weight excluding hydrogens is 366 g/mol. The molecule has 160 valence electrons. The highest BCUT2D eigenvalue weighted by Crippen LogP contribution is 2.42. The van der Waals surface area contributed by atoms with E-state index in [-0.39, 0.29) is 17.3 Å². The Morgan fingerprint density at radius 2 is 1.97 bits per heavy atom. The highest BCUT2D eigenvalue weighted by atomic mass is 16.5. The number of carbonyl (C=O) groups is 1. The molecule has 0 radical (unpaired) electrons. The highest BCUT2D eigenvalue weighted by molar-refractivity contribution is 5.80. The van der Waals surface area contributed by atoms with Crippen LogP contribution >= 0.6 is 0 Å². The molecule has 6 nitrogen and oxygen atoms in total. The van der Waals surface area contributed by atoms with Gasteiger partial charge in [-0.05, 0) is 50.3 Å². The van der Waals surface area contributed by atoms with Crippen molar-refractivity contribution in [2.45, 2.75) is 50.9 Å². The predicted molar refractivity (Wildman–Crippen MR) is 115 cm³/mol. The number of carbonyl (C=O) groups excluding carboxylic acids is 1. The smallest absolute Gasteiger partial charge is 0.308 e. The van der Waals surface area contributed by atoms with Crippen LogP contribution in [-0.2, 0) is 14.9 Å². The van der Waals surface area contributed by atoms with E-state index in [1.54, 1.807) is 7.11 Å². The van der Waals surface area contributed by atoms with Gasteiger partial charge in [-0.1, -0.05) is 25.0 Å². The number of hydrogen-bond donors (Lipinski definition) is 1. The standard InChI is InChI=1S/C23H35N3O3/c1-4-24-22(26-14-10-18(11-15-26)21(27)29-3)25-17-23(12-5-6-13-23)19-8-7-9-20(16-19)28-2/h7-9,16,18H,4-6,10-15,17H2,1-3H3,(H,24,25). The number of methoxy groups -OCH3 is 2. The molecule has 1 aliphatic carbocycles. The molecule has 1 aromatic carbocycles. The number of piperidine rings is 1. The van der Waals surface area contributed by atoms with Gasteiger partial charge in [-0.15, -0.1) is 0 Å². The van der Waals surface area contributed by atoms with Crippen LogP contribution in [0.4, 0.5) is 0 Å². The van der Waals surface area contributed by atoms with Crippen molar-refractivity contribution in [3.63, 3.8) is 0 Å². The maximum atomic E-state index is 11.8. The highest BCUT2D eigenvalue weighted by Gasteiger charge is 2.36. The second kappa shape index (κ2) is 9.99. The molecule has 1 N–H and O–H groups in total. The second-order valence-electron chi connectivity index (χ2n) is 8.17. The number of rotatable bonds is 6. The van der Waals surface area contributed by atoms with Crippen molar-refractivity contribution in [2.75, 3.05) is 40.4 Å². The van der Waals surface area contributed by atoms with Crippen molar-refractivity contribution in [3.8, 4) is 5.75 Å². The van der Waals surface area contributed by atoms with Gasteiger partial charge in [-0.3, -0.25) is 9.79 Å². The van der Waals surface area contributed by atoms with E-state index in [9.17, 15) is 4.79 Å². The van der Waals surface area contributed by atoms with Gasteiger partial charge in [0.05, 0.1) is 26.7 Å². The number of hydrogen-bond acceptors (Lipinski definition) is 4. The van der Waals surface area contributed by atoms with Crippen LogP contribution in [0.25, 0.3) is 0 Å². The fourth-order valence-corrected chi connectivity index (χ4v) is 4.69. The first-order chi connectivity index (χ1) is 14.1. The van der Waals surface area contributed by atoms with Crippen LogP contribution in [0.1, 0.15) is 51.0 Å². The SMILES string of the molecule is CCNC(=NCC1(c2cccc(OC)c2)CCCC1)N1CCC(C(=O)OC)CC1. The van der Waals surface area contributed by atoms with E-state index in [0.717, 1.165) is 63.6 Å². The van der Waals surface area contributed by atoms with Crippen molar-refractivity contribution in [3.05, 3.63) is 29.8 Å². The minimum Gasteiger partial charge on any atom is -0.497 e. The summed E-state index contributed by atoms with van der Waals surface area (Å²) in [6.45, 7) is 5.38. The Hall–Kier alpha value is -2.24. The van der Waals surface area contributed by atoms with Crippen LogP contribution in [0.2, 0.25) is 0 Å². The molecule has 0 bridgehead atoms. The Bertz CT molecular complexity index is 705. The lowest BCUT2D eigenvalue weighted by Gasteiger charge is -2.34. The van der Waals surface area contributed by atoms with Gasteiger partial charge in [0.1, 0.15) is 5.75 Å². The second-order valence-corrected chi connectivity index (χ2v) is 8.17. The lowest BCUT2D eigenvalue weighted by Crippen LogP contribution is -2.47. The molecule has 2 fully saturated rings. The Morgan fingerprint density at radius 3 is 2.59 bits per heavy atom. The summed E-state index contributed by atoms with van der Waals surface area (Å²) in [6, 6.07) is 8.49. The molecule has 1 saturated heterocycles. The molecule has 6 heteroatoms. The maximum Gasteiger partial charge on any atom is 0.308 e. The molecule has 3 rings (SSSR count). The minimum atomic E-state index is -0.0884. The summed E-state index contributed by atoms with van der Waals surface area (Å²) in [5, 5.41) is 3.46. The zero-order valence-electron chi connectivity index (χ0n) is 18.1. The number of benzene rings is 1. The molecule has 0 unspecified atom stereocenters. The van der Waals surface area contributed by atoms with Crippen molar-refractivity contribution in [1.82, 2.24) is 10.2 Å². The fourth-order valence-electron chi connectivity index (χ4n) is 4.69. The molecule has 29 heavy (non-hydrogen) atoms. The van der Waals surface area contributed by atoms with E-state index >= 15 is 0 Å². The largest absolute Gasteiger partial charge is 0.497 e.